The van der Waals surface area contributed by atoms with Crippen molar-refractivity contribution in [2.75, 3.05) is 13.7 Å². The van der Waals surface area contributed by atoms with Gasteiger partial charge in [-0.25, -0.2) is 9.59 Å². The number of hydrogen-bond acceptors (Lipinski definition) is 6. The molecule has 28 heavy (non-hydrogen) atoms. The van der Waals surface area contributed by atoms with E-state index in [9.17, 15) is 14.4 Å². The number of nitrogens with one attached hydrogen (secondary N) is 2. The number of imide groups is 1. The highest BCUT2D eigenvalue weighted by molar-refractivity contribution is 7.20. The van der Waals surface area contributed by atoms with Crippen LogP contribution in [0.15, 0.2) is 30.3 Å². The molecule has 0 aliphatic rings. The molecule has 8 nitrogen and oxygen atoms in total. The summed E-state index contributed by atoms with van der Waals surface area (Å²) in [5, 5.41) is 9.70. The fourth-order valence-corrected chi connectivity index (χ4v) is 3.67. The number of thiophene rings is 1. The number of rotatable bonds is 5. The minimum absolute atomic E-state index is 0.376. The first kappa shape index (κ1) is 19.6. The first-order valence-corrected chi connectivity index (χ1v) is 9.40. The number of ether oxygens (including phenoxy) is 1. The Hall–Kier alpha value is -3.20. The van der Waals surface area contributed by atoms with E-state index in [0.29, 0.717) is 11.4 Å². The minimum atomic E-state index is -0.699. The second kappa shape index (κ2) is 8.22. The van der Waals surface area contributed by atoms with Crippen molar-refractivity contribution in [3.8, 4) is 0 Å². The van der Waals surface area contributed by atoms with Gasteiger partial charge in [0.05, 0.1) is 12.2 Å². The molecule has 0 atom stereocenters. The highest BCUT2D eigenvalue weighted by Crippen LogP contribution is 2.29. The summed E-state index contributed by atoms with van der Waals surface area (Å²) in [6, 6.07) is 9.24. The SMILES string of the molecule is CNC(=O)NC(=O)COC(=O)c1cc2c(C)nn(Cc3ccc(C)cc3)c2s1. The molecular weight excluding hydrogens is 380 g/mol. The molecule has 0 aliphatic heterocycles. The number of nitrogens with zero attached hydrogens (tertiary/aromatic N) is 2. The number of esters is 1. The topological polar surface area (TPSA) is 102 Å². The summed E-state index contributed by atoms with van der Waals surface area (Å²) in [5.41, 5.74) is 3.11. The quantitative estimate of drug-likeness (QED) is 0.640. The maximum atomic E-state index is 12.3. The smallest absolute Gasteiger partial charge is 0.348 e. The molecule has 0 unspecified atom stereocenters. The zero-order valence-corrected chi connectivity index (χ0v) is 16.6. The minimum Gasteiger partial charge on any atom is -0.451 e. The number of urea groups is 1. The number of aryl methyl sites for hydroxylation is 2. The molecule has 0 fully saturated rings. The zero-order chi connectivity index (χ0) is 20.3. The maximum absolute atomic E-state index is 12.3. The molecule has 3 aromatic rings. The number of carbonyl (C=O) groups excluding carboxylic acids is 3. The second-order valence-electron chi connectivity index (χ2n) is 6.26. The van der Waals surface area contributed by atoms with E-state index in [1.165, 1.54) is 23.9 Å². The van der Waals surface area contributed by atoms with Gasteiger partial charge in [0.1, 0.15) is 9.71 Å². The number of fused-ring (bicyclic) bond motifs is 1. The number of carbonyl (C=O) groups is 3. The van der Waals surface area contributed by atoms with Gasteiger partial charge in [0, 0.05) is 12.4 Å². The van der Waals surface area contributed by atoms with Crippen LogP contribution in [0, 0.1) is 13.8 Å². The van der Waals surface area contributed by atoms with Gasteiger partial charge in [-0.05, 0) is 25.5 Å². The summed E-state index contributed by atoms with van der Waals surface area (Å²) in [4.78, 5) is 36.1. The molecule has 0 bridgehead atoms. The predicted octanol–water partition coefficient (Wildman–Crippen LogP) is 2.38. The fraction of sp³-hybridized carbons (Fsp3) is 0.263. The Morgan fingerprint density at radius 3 is 2.57 bits per heavy atom. The van der Waals surface area contributed by atoms with Gasteiger partial charge in [-0.3, -0.25) is 14.8 Å². The Bertz CT molecular complexity index is 1040. The lowest BCUT2D eigenvalue weighted by Crippen LogP contribution is -2.39. The Kier molecular flexibility index (Phi) is 5.74. The van der Waals surface area contributed by atoms with Gasteiger partial charge in [0.2, 0.25) is 0 Å². The molecule has 0 saturated carbocycles. The van der Waals surface area contributed by atoms with Crippen LogP contribution in [0.2, 0.25) is 0 Å². The molecule has 2 aromatic heterocycles. The average molecular weight is 400 g/mol. The first-order valence-electron chi connectivity index (χ1n) is 8.58. The Morgan fingerprint density at radius 2 is 1.89 bits per heavy atom. The average Bonchev–Trinajstić information content (AvgIpc) is 3.23. The van der Waals surface area contributed by atoms with Crippen molar-refractivity contribution in [1.29, 1.82) is 0 Å². The van der Waals surface area contributed by atoms with Crippen molar-refractivity contribution in [2.45, 2.75) is 20.4 Å². The second-order valence-corrected chi connectivity index (χ2v) is 7.29. The molecule has 146 valence electrons. The van der Waals surface area contributed by atoms with Gasteiger partial charge in [0.25, 0.3) is 5.91 Å². The van der Waals surface area contributed by atoms with E-state index in [-0.39, 0.29) is 0 Å². The lowest BCUT2D eigenvalue weighted by atomic mass is 10.1. The Labute approximate surface area is 165 Å². The third kappa shape index (κ3) is 4.37. The van der Waals surface area contributed by atoms with Crippen molar-refractivity contribution in [1.82, 2.24) is 20.4 Å². The van der Waals surface area contributed by atoms with Crippen LogP contribution in [0.3, 0.4) is 0 Å². The summed E-state index contributed by atoms with van der Waals surface area (Å²) < 4.78 is 6.85. The first-order chi connectivity index (χ1) is 13.4. The van der Waals surface area contributed by atoms with Crippen LogP contribution < -0.4 is 10.6 Å². The van der Waals surface area contributed by atoms with Crippen molar-refractivity contribution in [2.24, 2.45) is 0 Å². The molecule has 0 aliphatic carbocycles. The Morgan fingerprint density at radius 1 is 1.18 bits per heavy atom. The summed E-state index contributed by atoms with van der Waals surface area (Å²) in [7, 11) is 1.38. The van der Waals surface area contributed by atoms with Gasteiger partial charge in [-0.1, -0.05) is 29.8 Å². The largest absolute Gasteiger partial charge is 0.451 e. The molecule has 0 spiro atoms. The van der Waals surface area contributed by atoms with Crippen LogP contribution in [-0.2, 0) is 16.1 Å². The number of amides is 3. The van der Waals surface area contributed by atoms with Gasteiger partial charge >= 0.3 is 12.0 Å². The summed E-state index contributed by atoms with van der Waals surface area (Å²) in [6.45, 7) is 3.97. The molecule has 9 heteroatoms. The predicted molar refractivity (Wildman–Crippen MR) is 106 cm³/mol. The van der Waals surface area contributed by atoms with Crippen LogP contribution in [0.5, 0.6) is 0 Å². The lowest BCUT2D eigenvalue weighted by molar-refractivity contribution is -0.123. The molecule has 3 amide bonds. The van der Waals surface area contributed by atoms with Crippen LogP contribution in [-0.4, -0.2) is 41.3 Å². The molecule has 0 radical (unpaired) electrons. The van der Waals surface area contributed by atoms with Gasteiger partial charge in [-0.2, -0.15) is 5.10 Å². The van der Waals surface area contributed by atoms with Gasteiger partial charge in [-0.15, -0.1) is 11.3 Å². The van der Waals surface area contributed by atoms with E-state index in [2.05, 4.69) is 10.4 Å². The number of aromatic nitrogens is 2. The Balaban J connectivity index is 1.73. The monoisotopic (exact) mass is 400 g/mol. The highest BCUT2D eigenvalue weighted by atomic mass is 32.1. The summed E-state index contributed by atoms with van der Waals surface area (Å²) in [6.07, 6.45) is 0. The molecule has 0 saturated heterocycles. The van der Waals surface area contributed by atoms with Gasteiger partial charge in [0.15, 0.2) is 6.61 Å². The van der Waals surface area contributed by atoms with E-state index < -0.39 is 24.5 Å². The van der Waals surface area contributed by atoms with Crippen molar-refractivity contribution in [3.63, 3.8) is 0 Å². The van der Waals surface area contributed by atoms with Crippen molar-refractivity contribution >= 4 is 39.5 Å². The van der Waals surface area contributed by atoms with Crippen LogP contribution in [0.1, 0.15) is 26.5 Å². The zero-order valence-electron chi connectivity index (χ0n) is 15.7. The molecule has 3 rings (SSSR count). The van der Waals surface area contributed by atoms with Crippen molar-refractivity contribution in [3.05, 3.63) is 52.0 Å². The maximum Gasteiger partial charge on any atom is 0.348 e. The normalized spacial score (nSPS) is 10.7. The van der Waals surface area contributed by atoms with Crippen molar-refractivity contribution < 1.29 is 19.1 Å². The molecular formula is C19H20N4O4S. The number of benzene rings is 1. The molecule has 2 N–H and O–H groups in total. The van der Waals surface area contributed by atoms with Crippen LogP contribution in [0.25, 0.3) is 10.2 Å². The highest BCUT2D eigenvalue weighted by Gasteiger charge is 2.18. The molecule has 2 heterocycles. The van der Waals surface area contributed by atoms with E-state index in [1.807, 2.05) is 48.1 Å². The fourth-order valence-electron chi connectivity index (χ4n) is 2.61. The van der Waals surface area contributed by atoms with Crippen LogP contribution in [0.4, 0.5) is 4.79 Å². The summed E-state index contributed by atoms with van der Waals surface area (Å²) in [5.74, 6) is -1.31. The molecule has 1 aromatic carbocycles. The van der Waals surface area contributed by atoms with E-state index in [1.54, 1.807) is 6.07 Å². The summed E-state index contributed by atoms with van der Waals surface area (Å²) >= 11 is 1.26. The van der Waals surface area contributed by atoms with Crippen LogP contribution >= 0.6 is 11.3 Å². The van der Waals surface area contributed by atoms with E-state index in [0.717, 1.165) is 21.5 Å². The van der Waals surface area contributed by atoms with E-state index >= 15 is 0 Å². The third-order valence-corrected chi connectivity index (χ3v) is 5.20. The van der Waals surface area contributed by atoms with Gasteiger partial charge < -0.3 is 10.1 Å². The third-order valence-electron chi connectivity index (χ3n) is 4.08. The lowest BCUT2D eigenvalue weighted by Gasteiger charge is -2.04. The number of hydrogen-bond donors (Lipinski definition) is 2. The standard InChI is InChI=1S/C19H20N4O4S/c1-11-4-6-13(7-5-11)9-23-17-14(12(2)22-23)8-15(28-17)18(25)27-10-16(24)21-19(26)20-3/h4-8H,9-10H2,1-3H3,(H2,20,21,24,26). The van der Waals surface area contributed by atoms with E-state index in [4.69, 9.17) is 4.74 Å².